The average Bonchev–Trinajstić information content (AvgIpc) is 2.49. The van der Waals surface area contributed by atoms with E-state index in [4.69, 9.17) is 11.6 Å². The van der Waals surface area contributed by atoms with Crippen LogP contribution in [0.25, 0.3) is 0 Å². The highest BCUT2D eigenvalue weighted by Gasteiger charge is 2.18. The molecule has 0 aliphatic heterocycles. The third kappa shape index (κ3) is 2.40. The Balaban J connectivity index is 3.06. The van der Waals surface area contributed by atoms with E-state index in [1.807, 2.05) is 0 Å². The van der Waals surface area contributed by atoms with Crippen molar-refractivity contribution in [3.8, 4) is 0 Å². The van der Waals surface area contributed by atoms with Crippen LogP contribution < -0.4 is 4.90 Å². The molecule has 9 heteroatoms. The van der Waals surface area contributed by atoms with Crippen molar-refractivity contribution in [3.05, 3.63) is 0 Å². The first-order chi connectivity index (χ1) is 6.32. The van der Waals surface area contributed by atoms with Gasteiger partial charge in [-0.3, -0.25) is 9.69 Å². The molecule has 78 valence electrons. The zero-order valence-corrected chi connectivity index (χ0v) is 9.65. The third-order valence-corrected chi connectivity index (χ3v) is 4.19. The number of amides is 1. The van der Waals surface area contributed by atoms with E-state index < -0.39 is 15.2 Å². The number of carbonyl (C=O) groups is 1. The van der Waals surface area contributed by atoms with Gasteiger partial charge in [0, 0.05) is 13.3 Å². The summed E-state index contributed by atoms with van der Waals surface area (Å²) in [4.78, 5) is 11.7. The van der Waals surface area contributed by atoms with Crippen molar-refractivity contribution in [1.82, 2.24) is 10.2 Å². The van der Waals surface area contributed by atoms with Crippen LogP contribution >= 0.6 is 22.9 Å². The average molecular weight is 256 g/mol. The molecule has 1 heterocycles. The number of rotatable bonds is 2. The molecular weight excluding hydrogens is 250 g/mol. The molecule has 0 N–H and O–H groups in total. The highest BCUT2D eigenvalue weighted by atomic mass is 35.5. The van der Waals surface area contributed by atoms with Crippen LogP contribution in [0.4, 0.5) is 9.93 Å². The highest BCUT2D eigenvalue weighted by Crippen LogP contribution is 2.23. The van der Waals surface area contributed by atoms with Crippen molar-refractivity contribution in [2.45, 2.75) is 4.34 Å². The molecule has 1 rings (SSSR count). The van der Waals surface area contributed by atoms with Crippen LogP contribution in [0, 0.1) is 0 Å². The van der Waals surface area contributed by atoms with Crippen LogP contribution in [0.1, 0.15) is 0 Å². The number of hydrogen-bond donors (Lipinski definition) is 0. The molecule has 1 aromatic rings. The summed E-state index contributed by atoms with van der Waals surface area (Å²) in [5.74, 6) is 0. The molecule has 0 radical (unpaired) electrons. The van der Waals surface area contributed by atoms with E-state index in [-0.39, 0.29) is 9.47 Å². The van der Waals surface area contributed by atoms with Gasteiger partial charge in [0.25, 0.3) is 0 Å². The van der Waals surface area contributed by atoms with Crippen LogP contribution in [-0.4, -0.2) is 37.3 Å². The molecule has 0 saturated carbocycles. The van der Waals surface area contributed by atoms with Gasteiger partial charge in [-0.15, -0.1) is 10.2 Å². The van der Waals surface area contributed by atoms with Gasteiger partial charge in [-0.05, 0) is 11.6 Å². The summed E-state index contributed by atoms with van der Waals surface area (Å²) in [6, 6.07) is 0. The fourth-order valence-corrected chi connectivity index (χ4v) is 2.25. The van der Waals surface area contributed by atoms with Gasteiger partial charge in [-0.2, -0.15) is 0 Å². The van der Waals surface area contributed by atoms with Crippen molar-refractivity contribution in [2.24, 2.45) is 0 Å². The van der Waals surface area contributed by atoms with Gasteiger partial charge in [0.2, 0.25) is 19.3 Å². The SMILES string of the molecule is CN(C(=O)Cl)c1nnc(S(C)(=O)=O)s1. The number of anilines is 1. The molecule has 0 unspecified atom stereocenters. The van der Waals surface area contributed by atoms with Gasteiger partial charge in [-0.25, -0.2) is 8.42 Å². The van der Waals surface area contributed by atoms with E-state index >= 15 is 0 Å². The second-order valence-corrected chi connectivity index (χ2v) is 5.90. The van der Waals surface area contributed by atoms with Crippen LogP contribution in [-0.2, 0) is 9.84 Å². The van der Waals surface area contributed by atoms with E-state index in [0.29, 0.717) is 0 Å². The Morgan fingerprint density at radius 1 is 1.50 bits per heavy atom. The first kappa shape index (κ1) is 11.3. The Bertz CT molecular complexity index is 455. The monoisotopic (exact) mass is 255 g/mol. The lowest BCUT2D eigenvalue weighted by molar-refractivity contribution is 0.265. The largest absolute Gasteiger partial charge is 0.322 e. The Labute approximate surface area is 89.4 Å². The molecule has 14 heavy (non-hydrogen) atoms. The summed E-state index contributed by atoms with van der Waals surface area (Å²) in [5, 5.41) is 6.33. The summed E-state index contributed by atoms with van der Waals surface area (Å²) in [7, 11) is -2.00. The van der Waals surface area contributed by atoms with E-state index in [0.717, 1.165) is 22.5 Å². The van der Waals surface area contributed by atoms with Crippen molar-refractivity contribution < 1.29 is 13.2 Å². The molecule has 1 aromatic heterocycles. The highest BCUT2D eigenvalue weighted by molar-refractivity contribution is 7.92. The molecular formula is C5H6ClN3O3S2. The summed E-state index contributed by atoms with van der Waals surface area (Å²) < 4.78 is 21.9. The van der Waals surface area contributed by atoms with Gasteiger partial charge < -0.3 is 0 Å². The fourth-order valence-electron chi connectivity index (χ4n) is 0.563. The number of sulfone groups is 1. The molecule has 1 amide bonds. The molecule has 6 nitrogen and oxygen atoms in total. The van der Waals surface area contributed by atoms with Crippen LogP contribution in [0.15, 0.2) is 4.34 Å². The number of halogens is 1. The Morgan fingerprint density at radius 3 is 2.43 bits per heavy atom. The Kier molecular flexibility index (Phi) is 3.07. The molecule has 0 atom stereocenters. The minimum Gasteiger partial charge on any atom is -0.276 e. The predicted molar refractivity (Wildman–Crippen MR) is 52.7 cm³/mol. The van der Waals surface area contributed by atoms with Crippen LogP contribution in [0.2, 0.25) is 0 Å². The van der Waals surface area contributed by atoms with Gasteiger partial charge in [0.15, 0.2) is 0 Å². The lowest BCUT2D eigenvalue weighted by atomic mass is 10.9. The number of aromatic nitrogens is 2. The van der Waals surface area contributed by atoms with E-state index in [2.05, 4.69) is 10.2 Å². The molecule has 0 aromatic carbocycles. The smallest absolute Gasteiger partial charge is 0.276 e. The van der Waals surface area contributed by atoms with Gasteiger partial charge >= 0.3 is 5.37 Å². The van der Waals surface area contributed by atoms with Crippen molar-refractivity contribution in [1.29, 1.82) is 0 Å². The number of hydrogen-bond acceptors (Lipinski definition) is 6. The summed E-state index contributed by atoms with van der Waals surface area (Å²) >= 11 is 5.95. The van der Waals surface area contributed by atoms with Crippen molar-refractivity contribution in [3.63, 3.8) is 0 Å². The number of nitrogens with zero attached hydrogens (tertiary/aromatic N) is 3. The quantitative estimate of drug-likeness (QED) is 0.442. The van der Waals surface area contributed by atoms with Crippen LogP contribution in [0.5, 0.6) is 0 Å². The lowest BCUT2D eigenvalue weighted by Gasteiger charge is -2.05. The van der Waals surface area contributed by atoms with E-state index in [1.54, 1.807) is 0 Å². The normalized spacial score (nSPS) is 11.4. The van der Waals surface area contributed by atoms with Gasteiger partial charge in [0.05, 0.1) is 0 Å². The van der Waals surface area contributed by atoms with Gasteiger partial charge in [-0.1, -0.05) is 11.3 Å². The topological polar surface area (TPSA) is 80.2 Å². The molecule has 0 fully saturated rings. The first-order valence-corrected chi connectivity index (χ1v) is 6.37. The lowest BCUT2D eigenvalue weighted by Crippen LogP contribution is -2.19. The second-order valence-electron chi connectivity index (χ2n) is 2.43. The molecule has 0 aliphatic carbocycles. The van der Waals surface area contributed by atoms with Crippen molar-refractivity contribution >= 4 is 43.3 Å². The van der Waals surface area contributed by atoms with E-state index in [9.17, 15) is 13.2 Å². The molecule has 0 aliphatic rings. The van der Waals surface area contributed by atoms with Crippen LogP contribution in [0.3, 0.4) is 0 Å². The fraction of sp³-hybridized carbons (Fsp3) is 0.400. The maximum atomic E-state index is 11.0. The first-order valence-electron chi connectivity index (χ1n) is 3.29. The zero-order chi connectivity index (χ0) is 10.9. The summed E-state index contributed by atoms with van der Waals surface area (Å²) in [5.41, 5.74) is 0. The maximum Gasteiger partial charge on any atom is 0.322 e. The summed E-state index contributed by atoms with van der Waals surface area (Å²) in [6.45, 7) is 0. The standard InChI is InChI=1S/C5H6ClN3O3S2/c1-9(3(6)10)4-7-8-5(13-4)14(2,11)12/h1-2H3. The molecule has 0 saturated heterocycles. The zero-order valence-electron chi connectivity index (χ0n) is 7.26. The van der Waals surface area contributed by atoms with Gasteiger partial charge in [0.1, 0.15) is 0 Å². The third-order valence-electron chi connectivity index (χ3n) is 1.26. The summed E-state index contributed by atoms with van der Waals surface area (Å²) in [6.07, 6.45) is 1.01. The predicted octanol–water partition coefficient (Wildman–Crippen LogP) is 0.737. The molecule has 0 spiro atoms. The minimum atomic E-state index is -3.38. The van der Waals surface area contributed by atoms with E-state index in [1.165, 1.54) is 7.05 Å². The maximum absolute atomic E-state index is 11.0. The molecule has 0 bridgehead atoms. The Morgan fingerprint density at radius 2 is 2.07 bits per heavy atom. The second kappa shape index (κ2) is 3.79. The number of carbonyl (C=O) groups excluding carboxylic acids is 1. The minimum absolute atomic E-state index is 0.141. The van der Waals surface area contributed by atoms with Crippen molar-refractivity contribution in [2.75, 3.05) is 18.2 Å². The Hall–Kier alpha value is -0.730.